The van der Waals surface area contributed by atoms with E-state index < -0.39 is 6.10 Å². The van der Waals surface area contributed by atoms with Crippen LogP contribution in [0.3, 0.4) is 0 Å². The molecule has 18 heavy (non-hydrogen) atoms. The summed E-state index contributed by atoms with van der Waals surface area (Å²) in [5, 5.41) is 5.81. The van der Waals surface area contributed by atoms with Crippen molar-refractivity contribution in [3.63, 3.8) is 0 Å². The van der Waals surface area contributed by atoms with Gasteiger partial charge in [-0.1, -0.05) is 0 Å². The number of carbonyl (C=O) groups excluding carboxylic acids is 1. The van der Waals surface area contributed by atoms with Gasteiger partial charge in [0.25, 0.3) is 11.5 Å². The molecule has 1 atom stereocenters. The van der Waals surface area contributed by atoms with Crippen molar-refractivity contribution >= 4 is 27.5 Å². The number of rotatable bonds is 2. The van der Waals surface area contributed by atoms with E-state index in [0.29, 0.717) is 23.3 Å². The van der Waals surface area contributed by atoms with Crippen molar-refractivity contribution in [2.24, 2.45) is 7.05 Å². The predicted octanol–water partition coefficient (Wildman–Crippen LogP) is 0.0747. The van der Waals surface area contributed by atoms with Crippen LogP contribution in [0.4, 0.5) is 5.69 Å². The van der Waals surface area contributed by atoms with Crippen LogP contribution in [0.2, 0.25) is 0 Å². The molecule has 1 aliphatic heterocycles. The lowest BCUT2D eigenvalue weighted by atomic mass is 10.3. The van der Waals surface area contributed by atoms with E-state index in [-0.39, 0.29) is 11.5 Å². The Balaban J connectivity index is 2.09. The van der Waals surface area contributed by atoms with Crippen molar-refractivity contribution in [1.29, 1.82) is 0 Å². The number of amides is 1. The van der Waals surface area contributed by atoms with Crippen LogP contribution in [-0.2, 0) is 16.6 Å². The Morgan fingerprint density at radius 2 is 2.44 bits per heavy atom. The average molecular weight is 316 g/mol. The van der Waals surface area contributed by atoms with Crippen LogP contribution >= 0.6 is 15.9 Å². The molecule has 0 bridgehead atoms. The van der Waals surface area contributed by atoms with Crippen LogP contribution in [0.25, 0.3) is 0 Å². The molecule has 0 aliphatic carbocycles. The molecule has 98 valence electrons. The molecule has 1 saturated heterocycles. The smallest absolute Gasteiger partial charge is 0.264 e. The zero-order valence-corrected chi connectivity index (χ0v) is 11.5. The lowest BCUT2D eigenvalue weighted by molar-refractivity contribution is -0.128. The minimum atomic E-state index is -0.491. The first-order valence-corrected chi connectivity index (χ1v) is 6.36. The maximum atomic E-state index is 11.9. The van der Waals surface area contributed by atoms with Gasteiger partial charge in [-0.15, -0.1) is 0 Å². The Morgan fingerprint density at radius 3 is 3.06 bits per heavy atom. The van der Waals surface area contributed by atoms with Gasteiger partial charge in [-0.2, -0.15) is 0 Å². The maximum Gasteiger partial charge on any atom is 0.264 e. The summed E-state index contributed by atoms with van der Waals surface area (Å²) in [6.45, 7) is 1.78. The summed E-state index contributed by atoms with van der Waals surface area (Å²) in [6.07, 6.45) is 1.08. The summed E-state index contributed by atoms with van der Waals surface area (Å²) in [7, 11) is 1.63. The van der Waals surface area contributed by atoms with Crippen molar-refractivity contribution in [1.82, 2.24) is 9.88 Å². The molecule has 1 fully saturated rings. The average Bonchev–Trinajstić information content (AvgIpc) is 2.37. The van der Waals surface area contributed by atoms with Gasteiger partial charge in [0.2, 0.25) is 0 Å². The summed E-state index contributed by atoms with van der Waals surface area (Å²) in [6, 6.07) is 1.58. The fourth-order valence-electron chi connectivity index (χ4n) is 1.70. The molecule has 1 unspecified atom stereocenters. The van der Waals surface area contributed by atoms with E-state index in [1.165, 1.54) is 4.57 Å². The van der Waals surface area contributed by atoms with E-state index in [9.17, 15) is 9.59 Å². The highest BCUT2D eigenvalue weighted by atomic mass is 79.9. The Morgan fingerprint density at radius 1 is 1.67 bits per heavy atom. The van der Waals surface area contributed by atoms with Crippen LogP contribution in [0.5, 0.6) is 0 Å². The third-order valence-corrected chi connectivity index (χ3v) is 3.20. The third kappa shape index (κ3) is 2.98. The van der Waals surface area contributed by atoms with Gasteiger partial charge in [0.1, 0.15) is 6.10 Å². The van der Waals surface area contributed by atoms with Gasteiger partial charge in [0.05, 0.1) is 16.8 Å². The fraction of sp³-hybridized carbons (Fsp3) is 0.455. The fourth-order valence-corrected chi connectivity index (χ4v) is 2.22. The molecule has 7 heteroatoms. The number of pyridine rings is 1. The zero-order valence-electron chi connectivity index (χ0n) is 9.90. The zero-order chi connectivity index (χ0) is 13.1. The van der Waals surface area contributed by atoms with Gasteiger partial charge in [-0.05, 0) is 22.0 Å². The minimum Gasteiger partial charge on any atom is -0.366 e. The minimum absolute atomic E-state index is 0.149. The number of aryl methyl sites for hydroxylation is 1. The molecule has 0 aromatic carbocycles. The number of halogens is 1. The number of aromatic nitrogens is 1. The highest BCUT2D eigenvalue weighted by Gasteiger charge is 2.21. The number of carbonyl (C=O) groups is 1. The highest BCUT2D eigenvalue weighted by molar-refractivity contribution is 9.10. The standard InChI is InChI=1S/C11H14BrN3O3/c1-15-6-7(4-8(12)11(15)17)14-10(16)9-5-13-2-3-18-9/h4,6,9,13H,2-3,5H2,1H3,(H,14,16). The number of ether oxygens (including phenoxy) is 1. The molecule has 1 aromatic heterocycles. The van der Waals surface area contributed by atoms with Crippen molar-refractivity contribution < 1.29 is 9.53 Å². The van der Waals surface area contributed by atoms with Crippen molar-refractivity contribution in [2.75, 3.05) is 25.0 Å². The van der Waals surface area contributed by atoms with Crippen LogP contribution in [0, 0.1) is 0 Å². The van der Waals surface area contributed by atoms with Crippen LogP contribution in [0.15, 0.2) is 21.5 Å². The quantitative estimate of drug-likeness (QED) is 0.810. The molecule has 6 nitrogen and oxygen atoms in total. The second-order valence-electron chi connectivity index (χ2n) is 4.05. The molecule has 1 aromatic rings. The molecule has 2 N–H and O–H groups in total. The molecule has 1 amide bonds. The van der Waals surface area contributed by atoms with E-state index in [1.807, 2.05) is 0 Å². The molecular formula is C11H14BrN3O3. The van der Waals surface area contributed by atoms with E-state index in [0.717, 1.165) is 6.54 Å². The molecule has 0 saturated carbocycles. The maximum absolute atomic E-state index is 11.9. The van der Waals surface area contributed by atoms with Crippen molar-refractivity contribution in [3.05, 3.63) is 27.1 Å². The predicted molar refractivity (Wildman–Crippen MR) is 70.6 cm³/mol. The monoisotopic (exact) mass is 315 g/mol. The van der Waals surface area contributed by atoms with Crippen LogP contribution in [-0.4, -0.2) is 36.3 Å². The van der Waals surface area contributed by atoms with Crippen molar-refractivity contribution in [2.45, 2.75) is 6.10 Å². The van der Waals surface area contributed by atoms with Gasteiger partial charge in [0.15, 0.2) is 0 Å². The number of hydrogen-bond donors (Lipinski definition) is 2. The second-order valence-corrected chi connectivity index (χ2v) is 4.90. The molecular weight excluding hydrogens is 302 g/mol. The Hall–Kier alpha value is -1.18. The summed E-state index contributed by atoms with van der Waals surface area (Å²) < 4.78 is 7.15. The van der Waals surface area contributed by atoms with Gasteiger partial charge in [0, 0.05) is 26.3 Å². The first-order valence-electron chi connectivity index (χ1n) is 5.57. The normalized spacial score (nSPS) is 19.6. The largest absolute Gasteiger partial charge is 0.366 e. The summed E-state index contributed by atoms with van der Waals surface area (Å²) in [5.74, 6) is -0.215. The number of hydrogen-bond acceptors (Lipinski definition) is 4. The SMILES string of the molecule is Cn1cc(NC(=O)C2CNCCO2)cc(Br)c1=O. The number of morpholine rings is 1. The van der Waals surface area contributed by atoms with E-state index >= 15 is 0 Å². The van der Waals surface area contributed by atoms with E-state index in [2.05, 4.69) is 26.6 Å². The number of anilines is 1. The molecule has 2 rings (SSSR count). The number of nitrogens with zero attached hydrogens (tertiary/aromatic N) is 1. The van der Waals surface area contributed by atoms with Crippen LogP contribution in [0.1, 0.15) is 0 Å². The first kappa shape index (κ1) is 13.3. The second kappa shape index (κ2) is 5.64. The molecule has 0 radical (unpaired) electrons. The van der Waals surface area contributed by atoms with E-state index in [4.69, 9.17) is 4.74 Å². The van der Waals surface area contributed by atoms with Gasteiger partial charge in [-0.25, -0.2) is 0 Å². The Labute approximate surface area is 112 Å². The molecule has 0 spiro atoms. The molecule has 1 aliphatic rings. The summed E-state index contributed by atoms with van der Waals surface area (Å²) in [4.78, 5) is 23.4. The van der Waals surface area contributed by atoms with Gasteiger partial charge in [-0.3, -0.25) is 9.59 Å². The Bertz CT molecular complexity index is 482. The lowest BCUT2D eigenvalue weighted by Crippen LogP contribution is -2.45. The topological polar surface area (TPSA) is 72.4 Å². The van der Waals surface area contributed by atoms with Gasteiger partial charge >= 0.3 is 0 Å². The summed E-state index contributed by atoms with van der Waals surface area (Å²) >= 11 is 3.15. The Kier molecular flexibility index (Phi) is 4.15. The summed E-state index contributed by atoms with van der Waals surface area (Å²) in [5.41, 5.74) is 0.409. The molecule has 2 heterocycles. The lowest BCUT2D eigenvalue weighted by Gasteiger charge is -2.22. The number of nitrogens with one attached hydrogen (secondary N) is 2. The highest BCUT2D eigenvalue weighted by Crippen LogP contribution is 2.12. The van der Waals surface area contributed by atoms with E-state index in [1.54, 1.807) is 19.3 Å². The first-order chi connectivity index (χ1) is 8.58. The third-order valence-electron chi connectivity index (χ3n) is 2.63. The van der Waals surface area contributed by atoms with Crippen molar-refractivity contribution in [3.8, 4) is 0 Å². The van der Waals surface area contributed by atoms with Crippen LogP contribution < -0.4 is 16.2 Å². The van der Waals surface area contributed by atoms with Gasteiger partial charge < -0.3 is 19.9 Å².